The van der Waals surface area contributed by atoms with E-state index in [0.717, 1.165) is 5.56 Å². The molecular formula is C11H12N4O3. The summed E-state index contributed by atoms with van der Waals surface area (Å²) in [6, 6.07) is 6.07. The highest BCUT2D eigenvalue weighted by Crippen LogP contribution is 2.18. The van der Waals surface area contributed by atoms with E-state index in [4.69, 9.17) is 5.11 Å². The van der Waals surface area contributed by atoms with E-state index >= 15 is 0 Å². The van der Waals surface area contributed by atoms with E-state index < -0.39 is 4.92 Å². The Labute approximate surface area is 103 Å². The van der Waals surface area contributed by atoms with Crippen molar-refractivity contribution in [3.63, 3.8) is 0 Å². The molecule has 0 bridgehead atoms. The van der Waals surface area contributed by atoms with Crippen molar-refractivity contribution in [2.24, 2.45) is 0 Å². The molecule has 2 aromatic rings. The number of aliphatic hydroxyl groups excluding tert-OH is 1. The fourth-order valence-corrected chi connectivity index (χ4v) is 1.50. The zero-order valence-electron chi connectivity index (χ0n) is 9.56. The first-order valence-electron chi connectivity index (χ1n) is 5.46. The molecule has 0 radical (unpaired) electrons. The monoisotopic (exact) mass is 248 g/mol. The first-order chi connectivity index (χ1) is 8.70. The number of aliphatic hydroxyl groups is 1. The lowest BCUT2D eigenvalue weighted by Crippen LogP contribution is -2.00. The van der Waals surface area contributed by atoms with E-state index in [2.05, 4.69) is 10.1 Å². The van der Waals surface area contributed by atoms with Gasteiger partial charge in [-0.15, -0.1) is 0 Å². The first-order valence-corrected chi connectivity index (χ1v) is 5.46. The van der Waals surface area contributed by atoms with Crippen LogP contribution in [0.4, 0.5) is 5.69 Å². The van der Waals surface area contributed by atoms with Crippen LogP contribution in [0.2, 0.25) is 0 Å². The quantitative estimate of drug-likeness (QED) is 0.634. The van der Waals surface area contributed by atoms with Gasteiger partial charge in [0.25, 0.3) is 5.69 Å². The number of nitrogens with zero attached hydrogens (tertiary/aromatic N) is 4. The largest absolute Gasteiger partial charge is 0.396 e. The van der Waals surface area contributed by atoms with Gasteiger partial charge in [0.05, 0.1) is 4.92 Å². The third kappa shape index (κ3) is 2.69. The van der Waals surface area contributed by atoms with E-state index in [1.54, 1.807) is 23.1 Å². The van der Waals surface area contributed by atoms with E-state index in [1.165, 1.54) is 12.1 Å². The van der Waals surface area contributed by atoms with Crippen LogP contribution in [0.1, 0.15) is 6.42 Å². The predicted molar refractivity (Wildman–Crippen MR) is 63.8 cm³/mol. The van der Waals surface area contributed by atoms with Gasteiger partial charge in [-0.25, -0.2) is 4.98 Å². The van der Waals surface area contributed by atoms with Crippen LogP contribution in [0, 0.1) is 10.1 Å². The molecule has 0 atom stereocenters. The molecule has 1 aromatic heterocycles. The van der Waals surface area contributed by atoms with Crippen molar-refractivity contribution in [3.05, 3.63) is 40.7 Å². The second-order valence-corrected chi connectivity index (χ2v) is 3.71. The molecule has 94 valence electrons. The van der Waals surface area contributed by atoms with Crippen molar-refractivity contribution in [2.45, 2.75) is 13.0 Å². The Morgan fingerprint density at radius 2 is 2.06 bits per heavy atom. The fraction of sp³-hybridized carbons (Fsp3) is 0.273. The minimum Gasteiger partial charge on any atom is -0.396 e. The molecule has 7 nitrogen and oxygen atoms in total. The summed E-state index contributed by atoms with van der Waals surface area (Å²) in [6.07, 6.45) is 2.19. The summed E-state index contributed by atoms with van der Waals surface area (Å²) in [4.78, 5) is 14.2. The van der Waals surface area contributed by atoms with Crippen LogP contribution in [0.15, 0.2) is 30.6 Å². The number of rotatable bonds is 5. The zero-order valence-corrected chi connectivity index (χ0v) is 9.56. The molecule has 0 aliphatic rings. The summed E-state index contributed by atoms with van der Waals surface area (Å²) in [5.41, 5.74) is 0.766. The molecule has 0 saturated heterocycles. The standard InChI is InChI=1S/C11H12N4O3/c16-7-1-6-14-8-12-11(13-14)9-2-4-10(5-3-9)15(17)18/h2-5,8,16H,1,6-7H2. The lowest BCUT2D eigenvalue weighted by molar-refractivity contribution is -0.384. The molecule has 0 fully saturated rings. The van der Waals surface area contributed by atoms with Crippen LogP contribution in [-0.2, 0) is 6.54 Å². The van der Waals surface area contributed by atoms with E-state index in [-0.39, 0.29) is 12.3 Å². The summed E-state index contributed by atoms with van der Waals surface area (Å²) in [5.74, 6) is 0.517. The van der Waals surface area contributed by atoms with Crippen LogP contribution in [0.3, 0.4) is 0 Å². The number of hydrogen-bond donors (Lipinski definition) is 1. The van der Waals surface area contributed by atoms with Gasteiger partial charge in [-0.05, 0) is 18.6 Å². The average molecular weight is 248 g/mol. The van der Waals surface area contributed by atoms with Crippen LogP contribution >= 0.6 is 0 Å². The third-order valence-corrected chi connectivity index (χ3v) is 2.42. The van der Waals surface area contributed by atoms with Gasteiger partial charge in [0.2, 0.25) is 0 Å². The van der Waals surface area contributed by atoms with Crippen molar-refractivity contribution in [2.75, 3.05) is 6.61 Å². The lowest BCUT2D eigenvalue weighted by Gasteiger charge is -1.97. The molecule has 18 heavy (non-hydrogen) atoms. The van der Waals surface area contributed by atoms with Crippen LogP contribution in [0.25, 0.3) is 11.4 Å². The van der Waals surface area contributed by atoms with Gasteiger partial charge in [0.15, 0.2) is 5.82 Å². The van der Waals surface area contributed by atoms with Crippen LogP contribution in [-0.4, -0.2) is 31.4 Å². The van der Waals surface area contributed by atoms with E-state index in [0.29, 0.717) is 18.8 Å². The van der Waals surface area contributed by atoms with Crippen LogP contribution in [0.5, 0.6) is 0 Å². The highest BCUT2D eigenvalue weighted by atomic mass is 16.6. The topological polar surface area (TPSA) is 94.1 Å². The highest BCUT2D eigenvalue weighted by molar-refractivity contribution is 5.56. The maximum Gasteiger partial charge on any atom is 0.269 e. The van der Waals surface area contributed by atoms with Crippen molar-refractivity contribution in [1.82, 2.24) is 14.8 Å². The second-order valence-electron chi connectivity index (χ2n) is 3.71. The molecule has 0 aliphatic carbocycles. The molecule has 1 heterocycles. The van der Waals surface area contributed by atoms with Gasteiger partial charge in [-0.3, -0.25) is 14.8 Å². The molecule has 0 saturated carbocycles. The summed E-state index contributed by atoms with van der Waals surface area (Å²) in [7, 11) is 0. The van der Waals surface area contributed by atoms with Gasteiger partial charge in [-0.2, -0.15) is 5.10 Å². The number of aryl methyl sites for hydroxylation is 1. The molecule has 1 N–H and O–H groups in total. The molecule has 0 amide bonds. The van der Waals surface area contributed by atoms with Gasteiger partial charge < -0.3 is 5.11 Å². The predicted octanol–water partition coefficient (Wildman–Crippen LogP) is 1.24. The molecular weight excluding hydrogens is 236 g/mol. The Morgan fingerprint density at radius 3 is 2.67 bits per heavy atom. The normalized spacial score (nSPS) is 10.5. The molecule has 2 rings (SSSR count). The molecule has 7 heteroatoms. The van der Waals surface area contributed by atoms with E-state index in [9.17, 15) is 10.1 Å². The number of benzene rings is 1. The highest BCUT2D eigenvalue weighted by Gasteiger charge is 2.08. The number of non-ortho nitro benzene ring substituents is 1. The Morgan fingerprint density at radius 1 is 1.33 bits per heavy atom. The SMILES string of the molecule is O=[N+]([O-])c1ccc(-c2ncn(CCCO)n2)cc1. The van der Waals surface area contributed by atoms with Crippen LogP contribution < -0.4 is 0 Å². The number of aromatic nitrogens is 3. The van der Waals surface area contributed by atoms with Crippen molar-refractivity contribution >= 4 is 5.69 Å². The van der Waals surface area contributed by atoms with Gasteiger partial charge in [0.1, 0.15) is 6.33 Å². The molecule has 1 aromatic carbocycles. The fourth-order valence-electron chi connectivity index (χ4n) is 1.50. The number of hydrogen-bond acceptors (Lipinski definition) is 5. The van der Waals surface area contributed by atoms with Gasteiger partial charge in [0, 0.05) is 30.8 Å². The number of nitro benzene ring substituents is 1. The Hall–Kier alpha value is -2.28. The Balaban J connectivity index is 2.15. The maximum atomic E-state index is 10.5. The minimum absolute atomic E-state index is 0.0402. The van der Waals surface area contributed by atoms with Gasteiger partial charge in [-0.1, -0.05) is 0 Å². The first kappa shape index (κ1) is 12.2. The van der Waals surface area contributed by atoms with Gasteiger partial charge >= 0.3 is 0 Å². The molecule has 0 spiro atoms. The average Bonchev–Trinajstić information content (AvgIpc) is 2.85. The molecule has 0 aliphatic heterocycles. The van der Waals surface area contributed by atoms with Crippen molar-refractivity contribution in [1.29, 1.82) is 0 Å². The third-order valence-electron chi connectivity index (χ3n) is 2.42. The van der Waals surface area contributed by atoms with Crippen molar-refractivity contribution < 1.29 is 10.0 Å². The minimum atomic E-state index is -0.447. The lowest BCUT2D eigenvalue weighted by atomic mass is 10.2. The summed E-state index contributed by atoms with van der Waals surface area (Å²) in [6.45, 7) is 0.698. The summed E-state index contributed by atoms with van der Waals surface area (Å²) >= 11 is 0. The molecule has 0 unspecified atom stereocenters. The smallest absolute Gasteiger partial charge is 0.269 e. The summed E-state index contributed by atoms with van der Waals surface area (Å²) in [5, 5.41) is 23.4. The zero-order chi connectivity index (χ0) is 13.0. The van der Waals surface area contributed by atoms with Crippen molar-refractivity contribution in [3.8, 4) is 11.4 Å². The second kappa shape index (κ2) is 5.37. The maximum absolute atomic E-state index is 10.5. The van der Waals surface area contributed by atoms with E-state index in [1.807, 2.05) is 0 Å². The Bertz CT molecular complexity index is 535. The Kier molecular flexibility index (Phi) is 3.63. The summed E-state index contributed by atoms with van der Waals surface area (Å²) < 4.78 is 1.63. The number of nitro groups is 1.